The molecule has 2 nitrogen and oxygen atoms in total. The number of aromatic nitrogens is 1. The third-order valence-electron chi connectivity index (χ3n) is 13.7. The fourth-order valence-electron chi connectivity index (χ4n) is 11.2. The van der Waals surface area contributed by atoms with Crippen LogP contribution in [0.5, 0.6) is 0 Å². The van der Waals surface area contributed by atoms with Crippen LogP contribution in [-0.4, -0.2) is 15.5 Å². The van der Waals surface area contributed by atoms with Crippen LogP contribution in [0, 0.1) is 35.0 Å². The fraction of sp³-hybridized carbons (Fsp3) is 0.255. The molecule has 1 fully saturated rings. The first-order chi connectivity index (χ1) is 26.0. The lowest BCUT2D eigenvalue weighted by Crippen LogP contribution is -2.35. The van der Waals surface area contributed by atoms with Crippen molar-refractivity contribution >= 4 is 23.1 Å². The van der Waals surface area contributed by atoms with Gasteiger partial charge < -0.3 is 9.47 Å². The molecule has 3 aromatic carbocycles. The van der Waals surface area contributed by atoms with E-state index < -0.39 is 0 Å². The Kier molecular flexibility index (Phi) is 6.97. The number of fused-ring (bicyclic) bond motifs is 8. The quantitative estimate of drug-likeness (QED) is 0.207. The minimum absolute atomic E-state index is 0.207. The maximum atomic E-state index is 2.77. The molecule has 53 heavy (non-hydrogen) atoms. The Hall–Kier alpha value is -5.34. The average molecular weight is 687 g/mol. The van der Waals surface area contributed by atoms with Gasteiger partial charge in [-0.15, -0.1) is 0 Å². The predicted octanol–water partition coefficient (Wildman–Crippen LogP) is 10.5. The molecule has 0 bridgehead atoms. The summed E-state index contributed by atoms with van der Waals surface area (Å²) in [6.45, 7) is 4.94. The van der Waals surface area contributed by atoms with E-state index in [0.717, 1.165) is 25.7 Å². The molecule has 2 heterocycles. The van der Waals surface area contributed by atoms with Gasteiger partial charge in [-0.05, 0) is 95.4 Å². The first-order valence-corrected chi connectivity index (χ1v) is 19.9. The zero-order valence-electron chi connectivity index (χ0n) is 30.7. The molecule has 0 spiro atoms. The first kappa shape index (κ1) is 31.2. The van der Waals surface area contributed by atoms with Gasteiger partial charge in [0.2, 0.25) is 0 Å². The molecule has 1 saturated carbocycles. The second-order valence-electron chi connectivity index (χ2n) is 16.7. The number of rotatable bonds is 4. The Morgan fingerprint density at radius 2 is 1.64 bits per heavy atom. The third-order valence-corrected chi connectivity index (χ3v) is 13.7. The Morgan fingerprint density at radius 1 is 0.792 bits per heavy atom. The van der Waals surface area contributed by atoms with Crippen molar-refractivity contribution in [2.45, 2.75) is 45.6 Å². The SMILES string of the molecule is CC1(C)C2=CC=C(N3C4=C(C=CCC4)C4C=C(C5C=c6c(n(-c7cccc(-c8ccccc8)c7)c7ccccc67)=CC5)C=CC43)CC2C2C=CC=CC21. The zero-order chi connectivity index (χ0) is 35.3. The highest BCUT2D eigenvalue weighted by Crippen LogP contribution is 2.59. The second-order valence-corrected chi connectivity index (χ2v) is 16.7. The average Bonchev–Trinajstić information content (AvgIpc) is 3.81. The van der Waals surface area contributed by atoms with Crippen LogP contribution in [0.3, 0.4) is 0 Å². The van der Waals surface area contributed by atoms with Crippen LogP contribution in [-0.2, 0) is 0 Å². The van der Waals surface area contributed by atoms with E-state index in [0.29, 0.717) is 35.6 Å². The van der Waals surface area contributed by atoms with Crippen molar-refractivity contribution in [3.63, 3.8) is 0 Å². The van der Waals surface area contributed by atoms with Gasteiger partial charge in [-0.25, -0.2) is 0 Å². The number of para-hydroxylation sites is 1. The molecule has 6 aliphatic carbocycles. The van der Waals surface area contributed by atoms with Gasteiger partial charge in [-0.2, -0.15) is 0 Å². The van der Waals surface area contributed by atoms with Crippen molar-refractivity contribution in [1.29, 1.82) is 0 Å². The highest BCUT2D eigenvalue weighted by atomic mass is 15.2. The van der Waals surface area contributed by atoms with Crippen molar-refractivity contribution < 1.29 is 0 Å². The maximum Gasteiger partial charge on any atom is 0.0623 e. The van der Waals surface area contributed by atoms with Gasteiger partial charge in [-0.1, -0.05) is 153 Å². The van der Waals surface area contributed by atoms with Crippen LogP contribution in [0.1, 0.15) is 39.5 Å². The fourth-order valence-corrected chi connectivity index (χ4v) is 11.2. The summed E-state index contributed by atoms with van der Waals surface area (Å²) in [4.78, 5) is 2.77. The molecule has 11 rings (SSSR count). The summed E-state index contributed by atoms with van der Waals surface area (Å²) in [5.74, 6) is 2.51. The predicted molar refractivity (Wildman–Crippen MR) is 220 cm³/mol. The summed E-state index contributed by atoms with van der Waals surface area (Å²) in [5.41, 5.74) is 12.9. The van der Waals surface area contributed by atoms with Gasteiger partial charge in [-0.3, -0.25) is 0 Å². The van der Waals surface area contributed by atoms with E-state index in [1.807, 2.05) is 0 Å². The van der Waals surface area contributed by atoms with E-state index in [-0.39, 0.29) is 5.41 Å². The molecule has 0 radical (unpaired) electrons. The van der Waals surface area contributed by atoms with Crippen molar-refractivity contribution in [2.75, 3.05) is 0 Å². The van der Waals surface area contributed by atoms with E-state index in [2.05, 4.69) is 181 Å². The van der Waals surface area contributed by atoms with E-state index in [1.54, 1.807) is 16.8 Å². The van der Waals surface area contributed by atoms with Crippen LogP contribution in [0.2, 0.25) is 0 Å². The highest BCUT2D eigenvalue weighted by molar-refractivity contribution is 5.85. The minimum atomic E-state index is 0.207. The standard InChI is InChI=1S/C51H46N2/c1-51(2)45-20-9-6-17-39(45)42-32-38(25-26-46(42)51)53-48-22-11-8-19-41(48)44-31-36(24-28-50(44)53)35-23-27-49-43(30-35)40-18-7-10-21-47(40)52(49)37-16-12-15-34(29-37)33-13-4-3-5-14-33/h3-10,12-21,24-31,35,39,42,44-45,50H,11,22-23,32H2,1-2H3. The molecule has 0 amide bonds. The first-order valence-electron chi connectivity index (χ1n) is 19.9. The van der Waals surface area contributed by atoms with Crippen molar-refractivity contribution in [1.82, 2.24) is 9.47 Å². The van der Waals surface area contributed by atoms with Crippen LogP contribution in [0.15, 0.2) is 174 Å². The van der Waals surface area contributed by atoms with Crippen LogP contribution < -0.4 is 10.6 Å². The number of benzene rings is 3. The van der Waals surface area contributed by atoms with Gasteiger partial charge in [0.05, 0.1) is 11.6 Å². The normalized spacial score (nSPS) is 28.6. The molecule has 6 unspecified atom stereocenters. The molecule has 6 atom stereocenters. The van der Waals surface area contributed by atoms with Crippen LogP contribution in [0.25, 0.3) is 39.9 Å². The van der Waals surface area contributed by atoms with Crippen molar-refractivity contribution in [2.24, 2.45) is 35.0 Å². The van der Waals surface area contributed by atoms with Gasteiger partial charge in [0.15, 0.2) is 0 Å². The summed E-state index contributed by atoms with van der Waals surface area (Å²) in [6, 6.07) is 29.1. The molecule has 260 valence electrons. The summed E-state index contributed by atoms with van der Waals surface area (Å²) in [7, 11) is 0. The Bertz CT molecular complexity index is 2570. The molecule has 0 N–H and O–H groups in total. The highest BCUT2D eigenvalue weighted by Gasteiger charge is 2.52. The number of hydrogen-bond donors (Lipinski definition) is 0. The van der Waals surface area contributed by atoms with Crippen LogP contribution in [0.4, 0.5) is 0 Å². The number of hydrogen-bond acceptors (Lipinski definition) is 1. The number of allylic oxidation sites excluding steroid dienone is 13. The lowest BCUT2D eigenvalue weighted by atomic mass is 9.75. The van der Waals surface area contributed by atoms with Crippen LogP contribution >= 0.6 is 0 Å². The lowest BCUT2D eigenvalue weighted by Gasteiger charge is -2.37. The Balaban J connectivity index is 0.945. The zero-order valence-corrected chi connectivity index (χ0v) is 30.7. The molecule has 2 heteroatoms. The monoisotopic (exact) mass is 686 g/mol. The van der Waals surface area contributed by atoms with E-state index in [4.69, 9.17) is 0 Å². The van der Waals surface area contributed by atoms with Gasteiger partial charge >= 0.3 is 0 Å². The topological polar surface area (TPSA) is 8.17 Å². The van der Waals surface area contributed by atoms with E-state index >= 15 is 0 Å². The summed E-state index contributed by atoms with van der Waals surface area (Å²) < 4.78 is 2.48. The van der Waals surface area contributed by atoms with Gasteiger partial charge in [0.1, 0.15) is 0 Å². The second kappa shape index (κ2) is 11.8. The van der Waals surface area contributed by atoms with Crippen molar-refractivity contribution in [3.05, 3.63) is 184 Å². The lowest BCUT2D eigenvalue weighted by molar-refractivity contribution is 0.305. The molecular formula is C51H46N2. The third kappa shape index (κ3) is 4.70. The molecule has 4 aromatic rings. The Labute approximate surface area is 313 Å². The summed E-state index contributed by atoms with van der Waals surface area (Å²) in [5, 5.41) is 4.01. The largest absolute Gasteiger partial charge is 0.341 e. The van der Waals surface area contributed by atoms with Gasteiger partial charge in [0, 0.05) is 44.9 Å². The Morgan fingerprint density at radius 3 is 2.57 bits per heavy atom. The molecule has 0 saturated heterocycles. The summed E-state index contributed by atoms with van der Waals surface area (Å²) in [6.07, 6.45) is 36.6. The summed E-state index contributed by atoms with van der Waals surface area (Å²) >= 11 is 0. The van der Waals surface area contributed by atoms with E-state index in [1.165, 1.54) is 49.6 Å². The molecule has 1 aromatic heterocycles. The van der Waals surface area contributed by atoms with E-state index in [9.17, 15) is 0 Å². The van der Waals surface area contributed by atoms with Gasteiger partial charge in [0.25, 0.3) is 0 Å². The maximum absolute atomic E-state index is 2.77. The van der Waals surface area contributed by atoms with Crippen molar-refractivity contribution in [3.8, 4) is 16.8 Å². The number of nitrogens with zero attached hydrogens (tertiary/aromatic N) is 2. The molecule has 1 aliphatic heterocycles. The smallest absolute Gasteiger partial charge is 0.0623 e. The minimum Gasteiger partial charge on any atom is -0.341 e. The molecule has 7 aliphatic rings. The molecular weight excluding hydrogens is 641 g/mol.